The third kappa shape index (κ3) is 3.14. The molecule has 0 amide bonds. The standard InChI is InChI=1S/C16H16N4O2S/c1-9-8-12-14(23-9)13(15(21)22-3)20-16(19-12)18-10(2)11-6-4-5-7-17-11/h4-8,10H,1-3H3,(H,18,19,20)/t10-/m0/s1. The molecule has 6 nitrogen and oxygen atoms in total. The summed E-state index contributed by atoms with van der Waals surface area (Å²) < 4.78 is 5.58. The summed E-state index contributed by atoms with van der Waals surface area (Å²) in [6, 6.07) is 7.56. The van der Waals surface area contributed by atoms with Crippen LogP contribution in [0.5, 0.6) is 0 Å². The summed E-state index contributed by atoms with van der Waals surface area (Å²) >= 11 is 1.48. The van der Waals surface area contributed by atoms with Gasteiger partial charge in [0.2, 0.25) is 5.95 Å². The van der Waals surface area contributed by atoms with E-state index in [4.69, 9.17) is 4.74 Å². The van der Waals surface area contributed by atoms with Crippen LogP contribution >= 0.6 is 11.3 Å². The van der Waals surface area contributed by atoms with E-state index in [0.717, 1.165) is 20.8 Å². The predicted octanol–water partition coefficient (Wildman–Crippen LogP) is 3.35. The van der Waals surface area contributed by atoms with Gasteiger partial charge in [-0.15, -0.1) is 11.3 Å². The van der Waals surface area contributed by atoms with E-state index in [0.29, 0.717) is 5.95 Å². The van der Waals surface area contributed by atoms with Crippen molar-refractivity contribution in [2.75, 3.05) is 12.4 Å². The van der Waals surface area contributed by atoms with Crippen LogP contribution in [-0.4, -0.2) is 28.0 Å². The Balaban J connectivity index is 1.99. The van der Waals surface area contributed by atoms with Crippen molar-refractivity contribution < 1.29 is 9.53 Å². The number of nitrogens with zero attached hydrogens (tertiary/aromatic N) is 3. The average molecular weight is 328 g/mol. The summed E-state index contributed by atoms with van der Waals surface area (Å²) in [7, 11) is 1.35. The lowest BCUT2D eigenvalue weighted by Crippen LogP contribution is -2.13. The first-order chi connectivity index (χ1) is 11.1. The van der Waals surface area contributed by atoms with Crippen molar-refractivity contribution in [2.45, 2.75) is 19.9 Å². The number of fused-ring (bicyclic) bond motifs is 1. The van der Waals surface area contributed by atoms with Gasteiger partial charge in [-0.2, -0.15) is 0 Å². The summed E-state index contributed by atoms with van der Waals surface area (Å²) in [5.41, 5.74) is 1.89. The van der Waals surface area contributed by atoms with Crippen LogP contribution in [0.15, 0.2) is 30.5 Å². The minimum atomic E-state index is -0.465. The van der Waals surface area contributed by atoms with Gasteiger partial charge in [0.1, 0.15) is 0 Å². The van der Waals surface area contributed by atoms with Crippen LogP contribution in [0.1, 0.15) is 34.0 Å². The Bertz CT molecular complexity index is 848. The van der Waals surface area contributed by atoms with E-state index >= 15 is 0 Å². The molecule has 0 fully saturated rings. The summed E-state index contributed by atoms with van der Waals surface area (Å²) in [6.45, 7) is 3.93. The largest absolute Gasteiger partial charge is 0.464 e. The lowest BCUT2D eigenvalue weighted by molar-refractivity contribution is 0.0597. The van der Waals surface area contributed by atoms with E-state index in [2.05, 4.69) is 20.3 Å². The molecule has 0 radical (unpaired) electrons. The van der Waals surface area contributed by atoms with Crippen molar-refractivity contribution >= 4 is 33.5 Å². The van der Waals surface area contributed by atoms with Gasteiger partial charge in [-0.3, -0.25) is 4.98 Å². The van der Waals surface area contributed by atoms with E-state index < -0.39 is 5.97 Å². The molecule has 3 aromatic heterocycles. The maximum Gasteiger partial charge on any atom is 0.358 e. The molecule has 0 saturated heterocycles. The molecule has 7 heteroatoms. The maximum absolute atomic E-state index is 12.0. The van der Waals surface area contributed by atoms with E-state index in [1.807, 2.05) is 38.1 Å². The summed E-state index contributed by atoms with van der Waals surface area (Å²) in [6.07, 6.45) is 1.74. The molecule has 3 heterocycles. The van der Waals surface area contributed by atoms with Crippen LogP contribution < -0.4 is 5.32 Å². The second-order valence-corrected chi connectivity index (χ2v) is 6.34. The molecule has 0 spiro atoms. The number of pyridine rings is 1. The first kappa shape index (κ1) is 15.4. The van der Waals surface area contributed by atoms with Crippen molar-refractivity contribution in [3.8, 4) is 0 Å². The minimum Gasteiger partial charge on any atom is -0.464 e. The molecule has 118 valence electrons. The Kier molecular flexibility index (Phi) is 4.20. The molecule has 23 heavy (non-hydrogen) atoms. The highest BCUT2D eigenvalue weighted by Crippen LogP contribution is 2.28. The van der Waals surface area contributed by atoms with Gasteiger partial charge < -0.3 is 10.1 Å². The number of anilines is 1. The third-order valence-corrected chi connectivity index (χ3v) is 4.40. The zero-order chi connectivity index (χ0) is 16.4. The van der Waals surface area contributed by atoms with Crippen molar-refractivity contribution in [3.63, 3.8) is 0 Å². The van der Waals surface area contributed by atoms with Crippen LogP contribution in [0.2, 0.25) is 0 Å². The number of aromatic nitrogens is 3. The number of hydrogen-bond acceptors (Lipinski definition) is 7. The van der Waals surface area contributed by atoms with Crippen LogP contribution in [-0.2, 0) is 4.74 Å². The fourth-order valence-corrected chi connectivity index (χ4v) is 3.18. The Morgan fingerprint density at radius 2 is 2.17 bits per heavy atom. The van der Waals surface area contributed by atoms with Gasteiger partial charge in [0, 0.05) is 11.1 Å². The van der Waals surface area contributed by atoms with Gasteiger partial charge in [-0.25, -0.2) is 14.8 Å². The van der Waals surface area contributed by atoms with Gasteiger partial charge in [0.05, 0.1) is 29.1 Å². The molecular weight excluding hydrogens is 312 g/mol. The van der Waals surface area contributed by atoms with Crippen molar-refractivity contribution in [1.82, 2.24) is 15.0 Å². The Hall–Kier alpha value is -2.54. The molecule has 0 aliphatic rings. The van der Waals surface area contributed by atoms with Crippen LogP contribution in [0.25, 0.3) is 10.2 Å². The van der Waals surface area contributed by atoms with Gasteiger partial charge in [0.25, 0.3) is 0 Å². The molecule has 1 N–H and O–H groups in total. The lowest BCUT2D eigenvalue weighted by Gasteiger charge is -2.13. The second kappa shape index (κ2) is 6.29. The number of aryl methyl sites for hydroxylation is 1. The number of nitrogens with one attached hydrogen (secondary N) is 1. The van der Waals surface area contributed by atoms with Crippen molar-refractivity contribution in [1.29, 1.82) is 0 Å². The van der Waals surface area contributed by atoms with Gasteiger partial charge in [0.15, 0.2) is 5.69 Å². The molecule has 1 atom stereocenters. The summed E-state index contributed by atoms with van der Waals surface area (Å²) in [5.74, 6) is -0.0818. The molecule has 3 rings (SSSR count). The predicted molar refractivity (Wildman–Crippen MR) is 89.8 cm³/mol. The SMILES string of the molecule is COC(=O)c1nc(N[C@@H](C)c2ccccn2)nc2cc(C)sc12. The summed E-state index contributed by atoms with van der Waals surface area (Å²) in [4.78, 5) is 26.2. The fraction of sp³-hybridized carbons (Fsp3) is 0.250. The number of thiophene rings is 1. The molecule has 0 bridgehead atoms. The number of rotatable bonds is 4. The van der Waals surface area contributed by atoms with Gasteiger partial charge >= 0.3 is 5.97 Å². The second-order valence-electron chi connectivity index (χ2n) is 5.08. The molecule has 3 aromatic rings. The van der Waals surface area contributed by atoms with E-state index in [1.54, 1.807) is 6.20 Å². The molecular formula is C16H16N4O2S. The smallest absolute Gasteiger partial charge is 0.358 e. The third-order valence-electron chi connectivity index (χ3n) is 3.35. The quantitative estimate of drug-likeness (QED) is 0.740. The first-order valence-electron chi connectivity index (χ1n) is 7.12. The fourth-order valence-electron chi connectivity index (χ4n) is 2.25. The molecule has 0 aromatic carbocycles. The van der Waals surface area contributed by atoms with Crippen molar-refractivity contribution in [3.05, 3.63) is 46.7 Å². The van der Waals surface area contributed by atoms with E-state index in [9.17, 15) is 4.79 Å². The monoisotopic (exact) mass is 328 g/mol. The topological polar surface area (TPSA) is 77.0 Å². The molecule has 0 aliphatic carbocycles. The van der Waals surface area contributed by atoms with E-state index in [1.165, 1.54) is 18.4 Å². The first-order valence-corrected chi connectivity index (χ1v) is 7.94. The normalized spacial score (nSPS) is 12.1. The number of carbonyl (C=O) groups is 1. The Morgan fingerprint density at radius 1 is 1.35 bits per heavy atom. The van der Waals surface area contributed by atoms with Crippen LogP contribution in [0.3, 0.4) is 0 Å². The van der Waals surface area contributed by atoms with Crippen LogP contribution in [0.4, 0.5) is 5.95 Å². The Labute approximate surface area is 137 Å². The highest BCUT2D eigenvalue weighted by molar-refractivity contribution is 7.19. The summed E-state index contributed by atoms with van der Waals surface area (Å²) in [5, 5.41) is 3.19. The number of ether oxygens (including phenoxy) is 1. The lowest BCUT2D eigenvalue weighted by atomic mass is 10.2. The minimum absolute atomic E-state index is 0.0844. The van der Waals surface area contributed by atoms with Crippen molar-refractivity contribution in [2.24, 2.45) is 0 Å². The van der Waals surface area contributed by atoms with E-state index in [-0.39, 0.29) is 11.7 Å². The highest BCUT2D eigenvalue weighted by Gasteiger charge is 2.18. The maximum atomic E-state index is 12.0. The zero-order valence-electron chi connectivity index (χ0n) is 13.0. The number of carbonyl (C=O) groups excluding carboxylic acids is 1. The highest BCUT2D eigenvalue weighted by atomic mass is 32.1. The van der Waals surface area contributed by atoms with Crippen LogP contribution in [0, 0.1) is 6.92 Å². The Morgan fingerprint density at radius 3 is 2.87 bits per heavy atom. The zero-order valence-corrected chi connectivity index (χ0v) is 13.8. The molecule has 0 unspecified atom stereocenters. The number of esters is 1. The average Bonchev–Trinajstić information content (AvgIpc) is 2.94. The number of hydrogen-bond donors (Lipinski definition) is 1. The van der Waals surface area contributed by atoms with Gasteiger partial charge in [-0.1, -0.05) is 6.07 Å². The van der Waals surface area contributed by atoms with Gasteiger partial charge in [-0.05, 0) is 32.0 Å². The number of methoxy groups -OCH3 is 1. The molecule has 0 aliphatic heterocycles. The molecule has 0 saturated carbocycles.